The Morgan fingerprint density at radius 3 is 2.67 bits per heavy atom. The maximum Gasteiger partial charge on any atom is 0.193 e. The van der Waals surface area contributed by atoms with Crippen LogP contribution in [0.2, 0.25) is 0 Å². The Hall–Kier alpha value is -1.09. The summed E-state index contributed by atoms with van der Waals surface area (Å²) in [6, 6.07) is 7.88. The molecule has 0 aliphatic carbocycles. The highest BCUT2D eigenvalue weighted by atomic mass is 32.1. The molecule has 0 radical (unpaired) electrons. The van der Waals surface area contributed by atoms with Crippen molar-refractivity contribution in [3.8, 4) is 5.75 Å². The highest BCUT2D eigenvalue weighted by Gasteiger charge is 2.19. The Morgan fingerprint density at radius 1 is 1.33 bits per heavy atom. The molecule has 2 nitrogen and oxygen atoms in total. The minimum Gasteiger partial charge on any atom is -0.439 e. The molecular weight excluding hydrogens is 170 g/mol. The second-order valence-electron chi connectivity index (χ2n) is 2.52. The van der Waals surface area contributed by atoms with Crippen molar-refractivity contribution >= 4 is 19.2 Å². The van der Waals surface area contributed by atoms with Crippen molar-refractivity contribution in [2.24, 2.45) is 0 Å². The molecule has 1 aliphatic rings. The summed E-state index contributed by atoms with van der Waals surface area (Å²) in [5.74, 6) is 1.58. The number of nitrogens with zero attached hydrogens (tertiary/aromatic N) is 1. The summed E-state index contributed by atoms with van der Waals surface area (Å²) >= 11 is 0. The standard InChI is InChI=1S/C9H9NO.H2S/c1-7-10(2)8-5-3-4-6-9(8)11-7;/h3-6H,1H2,2H3;1H2. The van der Waals surface area contributed by atoms with E-state index < -0.39 is 0 Å². The Kier molecular flexibility index (Phi) is 2.33. The van der Waals surface area contributed by atoms with Gasteiger partial charge >= 0.3 is 0 Å². The minimum absolute atomic E-state index is 0. The second kappa shape index (κ2) is 3.11. The number of hydrogen-bond donors (Lipinski definition) is 0. The molecule has 2 rings (SSSR count). The van der Waals surface area contributed by atoms with Crippen LogP contribution in [0.3, 0.4) is 0 Å². The molecule has 1 aliphatic heterocycles. The lowest BCUT2D eigenvalue weighted by molar-refractivity contribution is 0.446. The van der Waals surface area contributed by atoms with E-state index in [0.29, 0.717) is 5.88 Å². The number of fused-ring (bicyclic) bond motifs is 1. The van der Waals surface area contributed by atoms with Gasteiger partial charge in [-0.1, -0.05) is 12.1 Å². The molecule has 0 aromatic heterocycles. The van der Waals surface area contributed by atoms with Crippen molar-refractivity contribution in [3.63, 3.8) is 0 Å². The Bertz CT molecular complexity index is 311. The molecule has 0 saturated carbocycles. The van der Waals surface area contributed by atoms with Gasteiger partial charge in [0.25, 0.3) is 0 Å². The van der Waals surface area contributed by atoms with Gasteiger partial charge in [0.1, 0.15) is 0 Å². The van der Waals surface area contributed by atoms with E-state index in [9.17, 15) is 0 Å². The molecule has 0 bridgehead atoms. The van der Waals surface area contributed by atoms with Gasteiger partial charge in [0.15, 0.2) is 11.6 Å². The van der Waals surface area contributed by atoms with E-state index in [1.54, 1.807) is 0 Å². The molecule has 1 heterocycles. The van der Waals surface area contributed by atoms with Crippen molar-refractivity contribution in [3.05, 3.63) is 36.7 Å². The molecule has 3 heteroatoms. The van der Waals surface area contributed by atoms with Crippen molar-refractivity contribution in [1.29, 1.82) is 0 Å². The summed E-state index contributed by atoms with van der Waals surface area (Å²) in [6.45, 7) is 3.75. The van der Waals surface area contributed by atoms with Gasteiger partial charge in [-0.05, 0) is 18.7 Å². The molecule has 0 spiro atoms. The van der Waals surface area contributed by atoms with E-state index in [2.05, 4.69) is 6.58 Å². The van der Waals surface area contributed by atoms with E-state index in [4.69, 9.17) is 4.74 Å². The zero-order chi connectivity index (χ0) is 7.84. The van der Waals surface area contributed by atoms with E-state index in [1.165, 1.54) is 0 Å². The quantitative estimate of drug-likeness (QED) is 0.607. The van der Waals surface area contributed by atoms with Crippen LogP contribution in [0.5, 0.6) is 5.75 Å². The molecule has 0 amide bonds. The maximum absolute atomic E-state index is 5.35. The largest absolute Gasteiger partial charge is 0.439 e. The zero-order valence-corrected chi connectivity index (χ0v) is 7.87. The number of ether oxygens (including phenoxy) is 1. The van der Waals surface area contributed by atoms with Gasteiger partial charge in [0, 0.05) is 7.05 Å². The van der Waals surface area contributed by atoms with Crippen LogP contribution in [0.25, 0.3) is 0 Å². The van der Waals surface area contributed by atoms with E-state index >= 15 is 0 Å². The van der Waals surface area contributed by atoms with Crippen LogP contribution in [0, 0.1) is 0 Å². The number of rotatable bonds is 0. The summed E-state index contributed by atoms with van der Waals surface area (Å²) in [7, 11) is 1.94. The van der Waals surface area contributed by atoms with Gasteiger partial charge in [-0.15, -0.1) is 0 Å². The molecule has 0 unspecified atom stereocenters. The SMILES string of the molecule is C=C1Oc2ccccc2N1C.S. The fourth-order valence-corrected chi connectivity index (χ4v) is 1.15. The molecule has 0 fully saturated rings. The first-order valence-electron chi connectivity index (χ1n) is 3.48. The molecule has 1 aromatic carbocycles. The fourth-order valence-electron chi connectivity index (χ4n) is 1.15. The topological polar surface area (TPSA) is 12.5 Å². The van der Waals surface area contributed by atoms with Crippen molar-refractivity contribution in [2.75, 3.05) is 11.9 Å². The van der Waals surface area contributed by atoms with Crippen LogP contribution >= 0.6 is 13.5 Å². The number of benzene rings is 1. The molecule has 64 valence electrons. The third-order valence-corrected chi connectivity index (χ3v) is 1.83. The Balaban J connectivity index is 0.000000720. The molecule has 0 atom stereocenters. The minimum atomic E-state index is 0. The Morgan fingerprint density at radius 2 is 2.00 bits per heavy atom. The summed E-state index contributed by atoms with van der Waals surface area (Å²) in [6.07, 6.45) is 0. The van der Waals surface area contributed by atoms with Crippen molar-refractivity contribution < 1.29 is 4.74 Å². The zero-order valence-electron chi connectivity index (χ0n) is 6.87. The molecular formula is C9H11NOS. The third kappa shape index (κ3) is 1.16. The normalized spacial score (nSPS) is 13.4. The number of hydrogen-bond acceptors (Lipinski definition) is 2. The summed E-state index contributed by atoms with van der Waals surface area (Å²) in [5.41, 5.74) is 1.08. The highest BCUT2D eigenvalue weighted by molar-refractivity contribution is 7.59. The second-order valence-corrected chi connectivity index (χ2v) is 2.52. The van der Waals surface area contributed by atoms with Gasteiger partial charge in [-0.3, -0.25) is 0 Å². The first-order valence-corrected chi connectivity index (χ1v) is 3.48. The van der Waals surface area contributed by atoms with Crippen LogP contribution < -0.4 is 9.64 Å². The predicted octanol–water partition coefficient (Wildman–Crippen LogP) is 2.10. The van der Waals surface area contributed by atoms with Crippen molar-refractivity contribution in [2.45, 2.75) is 0 Å². The third-order valence-electron chi connectivity index (χ3n) is 1.83. The fraction of sp³-hybridized carbons (Fsp3) is 0.111. The molecule has 1 aromatic rings. The average molecular weight is 181 g/mol. The van der Waals surface area contributed by atoms with E-state index in [0.717, 1.165) is 11.4 Å². The lowest BCUT2D eigenvalue weighted by Crippen LogP contribution is -2.11. The van der Waals surface area contributed by atoms with E-state index in [1.807, 2.05) is 36.2 Å². The smallest absolute Gasteiger partial charge is 0.193 e. The first-order chi connectivity index (χ1) is 5.29. The van der Waals surface area contributed by atoms with Gasteiger partial charge in [-0.25, -0.2) is 0 Å². The lowest BCUT2D eigenvalue weighted by Gasteiger charge is -2.07. The average Bonchev–Trinajstić information content (AvgIpc) is 2.30. The first kappa shape index (κ1) is 9.00. The van der Waals surface area contributed by atoms with Gasteiger partial charge in [0.05, 0.1) is 5.69 Å². The van der Waals surface area contributed by atoms with Gasteiger partial charge < -0.3 is 9.64 Å². The van der Waals surface area contributed by atoms with E-state index in [-0.39, 0.29) is 13.5 Å². The molecule has 0 N–H and O–H groups in total. The summed E-state index contributed by atoms with van der Waals surface area (Å²) in [4.78, 5) is 1.93. The molecule has 12 heavy (non-hydrogen) atoms. The molecule has 0 saturated heterocycles. The summed E-state index contributed by atoms with van der Waals surface area (Å²) < 4.78 is 5.35. The Labute approximate surface area is 78.9 Å². The van der Waals surface area contributed by atoms with Crippen LogP contribution in [-0.4, -0.2) is 7.05 Å². The van der Waals surface area contributed by atoms with Gasteiger partial charge in [0.2, 0.25) is 0 Å². The number of anilines is 1. The lowest BCUT2D eigenvalue weighted by atomic mass is 10.3. The monoisotopic (exact) mass is 181 g/mol. The van der Waals surface area contributed by atoms with Crippen LogP contribution in [0.4, 0.5) is 5.69 Å². The van der Waals surface area contributed by atoms with Crippen molar-refractivity contribution in [1.82, 2.24) is 0 Å². The summed E-state index contributed by atoms with van der Waals surface area (Å²) in [5, 5.41) is 0. The highest BCUT2D eigenvalue weighted by Crippen LogP contribution is 2.36. The van der Waals surface area contributed by atoms with Crippen LogP contribution in [-0.2, 0) is 0 Å². The predicted molar refractivity (Wildman–Crippen MR) is 55.0 cm³/mol. The van der Waals surface area contributed by atoms with Crippen LogP contribution in [0.15, 0.2) is 36.7 Å². The van der Waals surface area contributed by atoms with Gasteiger partial charge in [-0.2, -0.15) is 13.5 Å². The van der Waals surface area contributed by atoms with Crippen LogP contribution in [0.1, 0.15) is 0 Å². The maximum atomic E-state index is 5.35. The number of para-hydroxylation sites is 2.